The molecule has 25 heavy (non-hydrogen) atoms. The number of hydrogen-bond acceptors (Lipinski definition) is 2. The Balaban J connectivity index is 1.58. The van der Waals surface area contributed by atoms with Crippen molar-refractivity contribution >= 4 is 16.8 Å². The maximum absolute atomic E-state index is 12.8. The van der Waals surface area contributed by atoms with E-state index in [1.54, 1.807) is 6.20 Å². The van der Waals surface area contributed by atoms with Crippen molar-refractivity contribution in [1.29, 1.82) is 0 Å². The van der Waals surface area contributed by atoms with Gasteiger partial charge in [0.25, 0.3) is 5.91 Å². The number of aromatic nitrogens is 1. The van der Waals surface area contributed by atoms with E-state index in [9.17, 15) is 4.79 Å². The number of fused-ring (bicyclic) bond motifs is 1. The highest BCUT2D eigenvalue weighted by Crippen LogP contribution is 2.40. The molecule has 1 aliphatic rings. The van der Waals surface area contributed by atoms with Crippen molar-refractivity contribution in [3.05, 3.63) is 78.0 Å². The van der Waals surface area contributed by atoms with E-state index in [1.165, 1.54) is 18.4 Å². The van der Waals surface area contributed by atoms with Gasteiger partial charge < -0.3 is 5.32 Å². The number of amides is 1. The van der Waals surface area contributed by atoms with E-state index < -0.39 is 0 Å². The van der Waals surface area contributed by atoms with Crippen molar-refractivity contribution in [3.63, 3.8) is 0 Å². The van der Waals surface area contributed by atoms with Crippen LogP contribution in [0.15, 0.2) is 66.9 Å². The Bertz CT molecular complexity index is 877. The number of para-hydroxylation sites is 1. The molecule has 0 spiro atoms. The molecule has 3 aromatic rings. The van der Waals surface area contributed by atoms with Gasteiger partial charge in [0.1, 0.15) is 0 Å². The molecule has 0 radical (unpaired) electrons. The molecule has 0 aliphatic heterocycles. The average Bonchev–Trinajstić information content (AvgIpc) is 3.16. The molecule has 3 heteroatoms. The first kappa shape index (κ1) is 15.8. The van der Waals surface area contributed by atoms with Gasteiger partial charge in [0.2, 0.25) is 0 Å². The van der Waals surface area contributed by atoms with E-state index in [-0.39, 0.29) is 11.3 Å². The standard InChI is InChI=1S/C22H22N2O/c25-21(19-12-6-8-17-9-7-15-23-20(17)19)24-16-22(13-4-5-14-22)18-10-2-1-3-11-18/h1-3,6-12,15H,4-5,13-14,16H2,(H,24,25). The van der Waals surface area contributed by atoms with Crippen LogP contribution in [0.25, 0.3) is 10.9 Å². The number of hydrogen-bond donors (Lipinski definition) is 1. The number of nitrogens with one attached hydrogen (secondary N) is 1. The molecule has 0 saturated heterocycles. The number of pyridine rings is 1. The molecule has 3 nitrogen and oxygen atoms in total. The van der Waals surface area contributed by atoms with E-state index >= 15 is 0 Å². The summed E-state index contributed by atoms with van der Waals surface area (Å²) in [7, 11) is 0. The Morgan fingerprint density at radius 1 is 0.960 bits per heavy atom. The molecule has 1 aliphatic carbocycles. The molecule has 1 fully saturated rings. The minimum atomic E-state index is -0.0356. The SMILES string of the molecule is O=C(NCC1(c2ccccc2)CCCC1)c1cccc2cccnc12. The average molecular weight is 330 g/mol. The maximum atomic E-state index is 12.8. The Morgan fingerprint density at radius 2 is 1.72 bits per heavy atom. The zero-order valence-corrected chi connectivity index (χ0v) is 14.2. The lowest BCUT2D eigenvalue weighted by Gasteiger charge is -2.30. The fourth-order valence-electron chi connectivity index (χ4n) is 4.04. The predicted octanol–water partition coefficient (Wildman–Crippen LogP) is 4.48. The van der Waals surface area contributed by atoms with E-state index in [0.717, 1.165) is 23.7 Å². The zero-order valence-electron chi connectivity index (χ0n) is 14.2. The van der Waals surface area contributed by atoms with Gasteiger partial charge in [0, 0.05) is 23.5 Å². The summed E-state index contributed by atoms with van der Waals surface area (Å²) >= 11 is 0. The van der Waals surface area contributed by atoms with Crippen LogP contribution in [0.4, 0.5) is 0 Å². The first-order chi connectivity index (χ1) is 12.3. The second-order valence-corrected chi connectivity index (χ2v) is 6.92. The van der Waals surface area contributed by atoms with E-state index in [4.69, 9.17) is 0 Å². The molecule has 2 aromatic carbocycles. The van der Waals surface area contributed by atoms with Gasteiger partial charge in [-0.15, -0.1) is 0 Å². The summed E-state index contributed by atoms with van der Waals surface area (Å²) in [6.07, 6.45) is 6.44. The van der Waals surface area contributed by atoms with Gasteiger partial charge in [-0.2, -0.15) is 0 Å². The van der Waals surface area contributed by atoms with Gasteiger partial charge in [-0.1, -0.05) is 61.4 Å². The minimum Gasteiger partial charge on any atom is -0.351 e. The topological polar surface area (TPSA) is 42.0 Å². The van der Waals surface area contributed by atoms with Gasteiger partial charge in [-0.3, -0.25) is 9.78 Å². The highest BCUT2D eigenvalue weighted by molar-refractivity contribution is 6.05. The van der Waals surface area contributed by atoms with Crippen LogP contribution in [0.1, 0.15) is 41.6 Å². The van der Waals surface area contributed by atoms with Crippen molar-refractivity contribution in [2.45, 2.75) is 31.1 Å². The lowest BCUT2D eigenvalue weighted by molar-refractivity contribution is 0.0944. The van der Waals surface area contributed by atoms with Crippen LogP contribution in [0.2, 0.25) is 0 Å². The summed E-state index contributed by atoms with van der Waals surface area (Å²) in [5.74, 6) is -0.0356. The van der Waals surface area contributed by atoms with Crippen molar-refractivity contribution in [3.8, 4) is 0 Å². The summed E-state index contributed by atoms with van der Waals surface area (Å²) in [4.78, 5) is 17.2. The molecule has 1 saturated carbocycles. The van der Waals surface area contributed by atoms with Crippen LogP contribution in [0.5, 0.6) is 0 Å². The predicted molar refractivity (Wildman–Crippen MR) is 101 cm³/mol. The van der Waals surface area contributed by atoms with E-state index in [0.29, 0.717) is 12.1 Å². The van der Waals surface area contributed by atoms with Crippen molar-refractivity contribution in [2.24, 2.45) is 0 Å². The van der Waals surface area contributed by atoms with Crippen LogP contribution in [0.3, 0.4) is 0 Å². The zero-order chi connectivity index (χ0) is 17.1. The third-order valence-electron chi connectivity index (χ3n) is 5.41. The lowest BCUT2D eigenvalue weighted by Crippen LogP contribution is -2.39. The fraction of sp³-hybridized carbons (Fsp3) is 0.273. The van der Waals surface area contributed by atoms with Gasteiger partial charge >= 0.3 is 0 Å². The third kappa shape index (κ3) is 3.02. The molecule has 126 valence electrons. The van der Waals surface area contributed by atoms with E-state index in [2.05, 4.69) is 34.6 Å². The quantitative estimate of drug-likeness (QED) is 0.766. The van der Waals surface area contributed by atoms with Crippen LogP contribution in [-0.2, 0) is 5.41 Å². The van der Waals surface area contributed by atoms with Crippen LogP contribution >= 0.6 is 0 Å². The monoisotopic (exact) mass is 330 g/mol. The molecule has 4 rings (SSSR count). The highest BCUT2D eigenvalue weighted by atomic mass is 16.1. The first-order valence-electron chi connectivity index (χ1n) is 8.96. The first-order valence-corrected chi connectivity index (χ1v) is 8.96. The number of rotatable bonds is 4. The molecule has 0 unspecified atom stereocenters. The molecule has 1 amide bonds. The van der Waals surface area contributed by atoms with Crippen LogP contribution < -0.4 is 5.32 Å². The molecule has 0 atom stereocenters. The summed E-state index contributed by atoms with van der Waals surface area (Å²) in [6, 6.07) is 20.3. The Labute approximate surface area is 148 Å². The Kier molecular flexibility index (Phi) is 4.22. The normalized spacial score (nSPS) is 16.0. The largest absolute Gasteiger partial charge is 0.351 e. The second kappa shape index (κ2) is 6.67. The maximum Gasteiger partial charge on any atom is 0.253 e. The summed E-state index contributed by atoms with van der Waals surface area (Å²) < 4.78 is 0. The summed E-state index contributed by atoms with van der Waals surface area (Å²) in [5.41, 5.74) is 2.82. The number of benzene rings is 2. The number of nitrogens with zero attached hydrogens (tertiary/aromatic N) is 1. The van der Waals surface area contributed by atoms with Gasteiger partial charge in [-0.05, 0) is 30.5 Å². The highest BCUT2D eigenvalue weighted by Gasteiger charge is 2.35. The summed E-state index contributed by atoms with van der Waals surface area (Å²) in [5, 5.41) is 4.19. The Hall–Kier alpha value is -2.68. The number of carbonyl (C=O) groups is 1. The van der Waals surface area contributed by atoms with Crippen LogP contribution in [-0.4, -0.2) is 17.4 Å². The number of carbonyl (C=O) groups excluding carboxylic acids is 1. The fourth-order valence-corrected chi connectivity index (χ4v) is 4.04. The van der Waals surface area contributed by atoms with E-state index in [1.807, 2.05) is 36.4 Å². The van der Waals surface area contributed by atoms with Crippen molar-refractivity contribution in [1.82, 2.24) is 10.3 Å². The molecule has 1 N–H and O–H groups in total. The smallest absolute Gasteiger partial charge is 0.253 e. The summed E-state index contributed by atoms with van der Waals surface area (Å²) in [6.45, 7) is 0.680. The molecular formula is C22H22N2O. The van der Waals surface area contributed by atoms with Gasteiger partial charge in [0.05, 0.1) is 11.1 Å². The minimum absolute atomic E-state index is 0.0356. The molecule has 1 aromatic heterocycles. The third-order valence-corrected chi connectivity index (χ3v) is 5.41. The van der Waals surface area contributed by atoms with Crippen LogP contribution in [0, 0.1) is 0 Å². The van der Waals surface area contributed by atoms with Gasteiger partial charge in [-0.25, -0.2) is 0 Å². The molecule has 0 bridgehead atoms. The molecule has 1 heterocycles. The Morgan fingerprint density at radius 3 is 2.52 bits per heavy atom. The van der Waals surface area contributed by atoms with Gasteiger partial charge in [0.15, 0.2) is 0 Å². The molecular weight excluding hydrogens is 308 g/mol. The lowest BCUT2D eigenvalue weighted by atomic mass is 9.79. The van der Waals surface area contributed by atoms with Crippen molar-refractivity contribution in [2.75, 3.05) is 6.54 Å². The second-order valence-electron chi connectivity index (χ2n) is 6.92. The van der Waals surface area contributed by atoms with Crippen molar-refractivity contribution < 1.29 is 4.79 Å².